The molecule has 1 aliphatic heterocycles. The van der Waals surface area contributed by atoms with Crippen LogP contribution in [0.25, 0.3) is 11.1 Å². The number of carbonyl (C=O) groups excluding carboxylic acids is 1. The fourth-order valence-electron chi connectivity index (χ4n) is 3.80. The highest BCUT2D eigenvalue weighted by atomic mass is 16.1. The molecule has 0 saturated carbocycles. The van der Waals surface area contributed by atoms with Crippen LogP contribution in [0.2, 0.25) is 0 Å². The minimum absolute atomic E-state index is 0.0727. The van der Waals surface area contributed by atoms with Crippen molar-refractivity contribution in [1.29, 1.82) is 0 Å². The number of likely N-dealkylation sites (tertiary alicyclic amines) is 1. The SMILES string of the molecule is CN1C[C@H](C(=O)NCc2ccc(-c3ccccc3)cc2)CC[C@H](N(C)C)C1. The second-order valence-electron chi connectivity index (χ2n) is 7.89. The molecular formula is C23H31N3O. The van der Waals surface area contributed by atoms with E-state index in [0.717, 1.165) is 31.5 Å². The highest BCUT2D eigenvalue weighted by molar-refractivity contribution is 5.79. The van der Waals surface area contributed by atoms with Crippen molar-refractivity contribution in [3.8, 4) is 11.1 Å². The summed E-state index contributed by atoms with van der Waals surface area (Å²) in [6.45, 7) is 2.45. The molecule has 4 heteroatoms. The van der Waals surface area contributed by atoms with Gasteiger partial charge in [0.05, 0.1) is 5.92 Å². The Labute approximate surface area is 163 Å². The molecular weight excluding hydrogens is 334 g/mol. The Morgan fingerprint density at radius 1 is 1.00 bits per heavy atom. The lowest BCUT2D eigenvalue weighted by Crippen LogP contribution is -2.39. The number of carbonyl (C=O) groups is 1. The summed E-state index contributed by atoms with van der Waals surface area (Å²) in [5.41, 5.74) is 3.55. The van der Waals surface area contributed by atoms with E-state index in [2.05, 4.69) is 72.7 Å². The van der Waals surface area contributed by atoms with E-state index < -0.39 is 0 Å². The molecule has 3 rings (SSSR count). The van der Waals surface area contributed by atoms with E-state index in [9.17, 15) is 4.79 Å². The number of amides is 1. The maximum absolute atomic E-state index is 12.7. The van der Waals surface area contributed by atoms with Crippen molar-refractivity contribution in [1.82, 2.24) is 15.1 Å². The third-order valence-corrected chi connectivity index (χ3v) is 5.53. The summed E-state index contributed by atoms with van der Waals surface area (Å²) in [6, 6.07) is 19.3. The van der Waals surface area contributed by atoms with Crippen molar-refractivity contribution in [3.05, 3.63) is 60.2 Å². The molecule has 144 valence electrons. The summed E-state index contributed by atoms with van der Waals surface area (Å²) in [7, 11) is 6.36. The van der Waals surface area contributed by atoms with Gasteiger partial charge in [-0.1, -0.05) is 54.6 Å². The first-order valence-electron chi connectivity index (χ1n) is 9.80. The fourth-order valence-corrected chi connectivity index (χ4v) is 3.80. The number of nitrogens with zero attached hydrogens (tertiary/aromatic N) is 2. The fraction of sp³-hybridized carbons (Fsp3) is 0.435. The van der Waals surface area contributed by atoms with Gasteiger partial charge in [0.15, 0.2) is 0 Å². The lowest BCUT2D eigenvalue weighted by molar-refractivity contribution is -0.125. The zero-order chi connectivity index (χ0) is 19.2. The van der Waals surface area contributed by atoms with Crippen molar-refractivity contribution >= 4 is 5.91 Å². The van der Waals surface area contributed by atoms with Crippen molar-refractivity contribution in [2.45, 2.75) is 25.4 Å². The van der Waals surface area contributed by atoms with E-state index in [1.54, 1.807) is 0 Å². The molecule has 1 N–H and O–H groups in total. The van der Waals surface area contributed by atoms with Crippen LogP contribution in [0.5, 0.6) is 0 Å². The van der Waals surface area contributed by atoms with Crippen LogP contribution in [0, 0.1) is 5.92 Å². The second-order valence-corrected chi connectivity index (χ2v) is 7.89. The van der Waals surface area contributed by atoms with Crippen molar-refractivity contribution < 1.29 is 4.79 Å². The van der Waals surface area contributed by atoms with Gasteiger partial charge in [0.2, 0.25) is 5.91 Å². The Balaban J connectivity index is 1.54. The molecule has 1 saturated heterocycles. The highest BCUT2D eigenvalue weighted by Gasteiger charge is 2.27. The van der Waals surface area contributed by atoms with Gasteiger partial charge < -0.3 is 15.1 Å². The molecule has 2 aromatic carbocycles. The molecule has 1 aliphatic rings. The lowest BCUT2D eigenvalue weighted by Gasteiger charge is -2.25. The summed E-state index contributed by atoms with van der Waals surface area (Å²) >= 11 is 0. The average Bonchev–Trinajstić information content (AvgIpc) is 2.89. The maximum Gasteiger partial charge on any atom is 0.224 e. The van der Waals surface area contributed by atoms with Crippen molar-refractivity contribution in [2.75, 3.05) is 34.2 Å². The minimum Gasteiger partial charge on any atom is -0.352 e. The van der Waals surface area contributed by atoms with Gasteiger partial charge in [-0.05, 0) is 50.7 Å². The monoisotopic (exact) mass is 365 g/mol. The van der Waals surface area contributed by atoms with E-state index >= 15 is 0 Å². The molecule has 27 heavy (non-hydrogen) atoms. The Kier molecular flexibility index (Phi) is 6.64. The Hall–Kier alpha value is -2.17. The Morgan fingerprint density at radius 2 is 1.67 bits per heavy atom. The highest BCUT2D eigenvalue weighted by Crippen LogP contribution is 2.20. The predicted octanol–water partition coefficient (Wildman–Crippen LogP) is 3.24. The molecule has 0 spiro atoms. The summed E-state index contributed by atoms with van der Waals surface area (Å²) in [5, 5.41) is 3.14. The summed E-state index contributed by atoms with van der Waals surface area (Å²) in [5.74, 6) is 0.247. The molecule has 0 unspecified atom stereocenters. The van der Waals surface area contributed by atoms with Gasteiger partial charge >= 0.3 is 0 Å². The van der Waals surface area contributed by atoms with Gasteiger partial charge in [-0.3, -0.25) is 4.79 Å². The van der Waals surface area contributed by atoms with Crippen LogP contribution < -0.4 is 5.32 Å². The van der Waals surface area contributed by atoms with Gasteiger partial charge in [0.1, 0.15) is 0 Å². The van der Waals surface area contributed by atoms with Gasteiger partial charge in [-0.2, -0.15) is 0 Å². The van der Waals surface area contributed by atoms with E-state index in [-0.39, 0.29) is 11.8 Å². The maximum atomic E-state index is 12.7. The van der Waals surface area contributed by atoms with Crippen molar-refractivity contribution in [2.24, 2.45) is 5.92 Å². The Bertz CT molecular complexity index is 727. The molecule has 1 fully saturated rings. The average molecular weight is 366 g/mol. The standard InChI is InChI=1S/C23H31N3O/c1-25(2)22-14-13-21(16-26(3)17-22)23(27)24-15-18-9-11-20(12-10-18)19-7-5-4-6-8-19/h4-12,21-22H,13-17H2,1-3H3,(H,24,27)/t21-,22+/m1/s1. The third-order valence-electron chi connectivity index (χ3n) is 5.53. The van der Waals surface area contributed by atoms with Gasteiger partial charge in [0, 0.05) is 25.7 Å². The molecule has 2 atom stereocenters. The van der Waals surface area contributed by atoms with Gasteiger partial charge in [0.25, 0.3) is 0 Å². The first-order chi connectivity index (χ1) is 13.0. The zero-order valence-corrected chi connectivity index (χ0v) is 16.7. The number of hydrogen-bond acceptors (Lipinski definition) is 3. The largest absolute Gasteiger partial charge is 0.352 e. The molecule has 2 aromatic rings. The Morgan fingerprint density at radius 3 is 2.33 bits per heavy atom. The predicted molar refractivity (Wildman–Crippen MR) is 111 cm³/mol. The first kappa shape index (κ1) is 19.6. The topological polar surface area (TPSA) is 35.6 Å². The molecule has 0 radical (unpaired) electrons. The molecule has 4 nitrogen and oxygen atoms in total. The van der Waals surface area contributed by atoms with Crippen LogP contribution >= 0.6 is 0 Å². The van der Waals surface area contributed by atoms with Crippen LogP contribution in [0.4, 0.5) is 0 Å². The number of rotatable bonds is 5. The van der Waals surface area contributed by atoms with E-state index in [4.69, 9.17) is 0 Å². The normalized spacial score (nSPS) is 21.0. The van der Waals surface area contributed by atoms with Crippen molar-refractivity contribution in [3.63, 3.8) is 0 Å². The zero-order valence-electron chi connectivity index (χ0n) is 16.7. The molecule has 1 heterocycles. The molecule has 0 aromatic heterocycles. The molecule has 0 aliphatic carbocycles. The number of hydrogen-bond donors (Lipinski definition) is 1. The quantitative estimate of drug-likeness (QED) is 0.884. The summed E-state index contributed by atoms with van der Waals surface area (Å²) < 4.78 is 0. The van der Waals surface area contributed by atoms with Gasteiger partial charge in [-0.25, -0.2) is 0 Å². The molecule has 0 bridgehead atoms. The van der Waals surface area contributed by atoms with Crippen LogP contribution in [0.3, 0.4) is 0 Å². The van der Waals surface area contributed by atoms with E-state index in [0.29, 0.717) is 12.6 Å². The minimum atomic E-state index is 0.0727. The lowest BCUT2D eigenvalue weighted by atomic mass is 10.0. The van der Waals surface area contributed by atoms with Gasteiger partial charge in [-0.15, -0.1) is 0 Å². The first-order valence-corrected chi connectivity index (χ1v) is 9.80. The summed E-state index contributed by atoms with van der Waals surface area (Å²) in [4.78, 5) is 17.2. The smallest absolute Gasteiger partial charge is 0.224 e. The second kappa shape index (κ2) is 9.16. The number of benzene rings is 2. The molecule has 1 amide bonds. The van der Waals surface area contributed by atoms with Crippen LogP contribution in [-0.2, 0) is 11.3 Å². The summed E-state index contributed by atoms with van der Waals surface area (Å²) in [6.07, 6.45) is 2.02. The van der Waals surface area contributed by atoms with Crippen LogP contribution in [0.1, 0.15) is 18.4 Å². The van der Waals surface area contributed by atoms with E-state index in [1.807, 2.05) is 18.2 Å². The number of likely N-dealkylation sites (N-methyl/N-ethyl adjacent to an activating group) is 2. The van der Waals surface area contributed by atoms with Crippen LogP contribution in [-0.4, -0.2) is 56.0 Å². The van der Waals surface area contributed by atoms with Crippen LogP contribution in [0.15, 0.2) is 54.6 Å². The number of nitrogens with one attached hydrogen (secondary N) is 1. The van der Waals surface area contributed by atoms with E-state index in [1.165, 1.54) is 11.1 Å². The third kappa shape index (κ3) is 5.41.